The predicted molar refractivity (Wildman–Crippen MR) is 51.4 cm³/mol. The molecular formula is C8H18O3S. The maximum absolute atomic E-state index is 11.2. The van der Waals surface area contributed by atoms with Crippen LogP contribution in [0.25, 0.3) is 0 Å². The Bertz CT molecular complexity index is 171. The van der Waals surface area contributed by atoms with Crippen molar-refractivity contribution in [1.29, 1.82) is 0 Å². The van der Waals surface area contributed by atoms with Gasteiger partial charge in [-0.25, -0.2) is 0 Å². The first-order chi connectivity index (χ1) is 5.58. The Morgan fingerprint density at radius 2 is 2.25 bits per heavy atom. The van der Waals surface area contributed by atoms with Crippen LogP contribution in [-0.4, -0.2) is 48.4 Å². The lowest BCUT2D eigenvalue weighted by molar-refractivity contribution is 0.117. The zero-order valence-corrected chi connectivity index (χ0v) is 8.68. The van der Waals surface area contributed by atoms with E-state index in [1.165, 1.54) is 0 Å². The lowest BCUT2D eigenvalue weighted by Gasteiger charge is -2.10. The average molecular weight is 194 g/mol. The quantitative estimate of drug-likeness (QED) is 0.369. The van der Waals surface area contributed by atoms with Gasteiger partial charge in [-0.1, -0.05) is 0 Å². The zero-order valence-electron chi connectivity index (χ0n) is 7.78. The fraction of sp³-hybridized carbons (Fsp3) is 1.00. The molecule has 0 aliphatic carbocycles. The smallest absolute Gasteiger partial charge is 0.104 e. The van der Waals surface area contributed by atoms with Crippen LogP contribution < -0.4 is 0 Å². The maximum Gasteiger partial charge on any atom is 0.104 e. The Morgan fingerprint density at radius 3 is 2.75 bits per heavy atom. The highest BCUT2D eigenvalue weighted by atomic mass is 32.2. The molecular weight excluding hydrogens is 176 g/mol. The molecule has 1 heterocycles. The molecule has 1 fully saturated rings. The molecule has 0 amide bonds. The van der Waals surface area contributed by atoms with Gasteiger partial charge in [0.05, 0.1) is 13.2 Å². The molecule has 0 radical (unpaired) electrons. The topological polar surface area (TPSA) is 38.8 Å². The van der Waals surface area contributed by atoms with E-state index in [4.69, 9.17) is 9.47 Å². The second-order valence-corrected chi connectivity index (χ2v) is 7.28. The molecule has 4 heteroatoms. The summed E-state index contributed by atoms with van der Waals surface area (Å²) in [6.07, 6.45) is 4.88. The third-order valence-electron chi connectivity index (χ3n) is 1.69. The highest BCUT2D eigenvalue weighted by Gasteiger charge is 2.21. The number of thiol groups is 1. The summed E-state index contributed by atoms with van der Waals surface area (Å²) in [5.41, 5.74) is 0. The van der Waals surface area contributed by atoms with Crippen molar-refractivity contribution in [2.45, 2.75) is 12.5 Å². The van der Waals surface area contributed by atoms with E-state index in [0.29, 0.717) is 19.3 Å². The highest BCUT2D eigenvalue weighted by molar-refractivity contribution is 8.01. The molecule has 1 atom stereocenters. The summed E-state index contributed by atoms with van der Waals surface area (Å²) in [4.78, 5) is 0. The Morgan fingerprint density at radius 1 is 1.58 bits per heavy atom. The van der Waals surface area contributed by atoms with Gasteiger partial charge < -0.3 is 9.47 Å². The van der Waals surface area contributed by atoms with Crippen molar-refractivity contribution in [3.63, 3.8) is 0 Å². The summed E-state index contributed by atoms with van der Waals surface area (Å²) in [5, 5.41) is 0. The second-order valence-electron chi connectivity index (χ2n) is 3.68. The minimum Gasteiger partial charge on any atom is -0.379 e. The molecule has 0 saturated carbocycles. The van der Waals surface area contributed by atoms with E-state index >= 15 is 0 Å². The van der Waals surface area contributed by atoms with Gasteiger partial charge in [0, 0.05) is 12.4 Å². The Hall–Kier alpha value is 0.0700. The fourth-order valence-electron chi connectivity index (χ4n) is 0.926. The number of ether oxygens (including phenoxy) is 2. The largest absolute Gasteiger partial charge is 0.379 e. The van der Waals surface area contributed by atoms with Crippen LogP contribution in [0.2, 0.25) is 0 Å². The van der Waals surface area contributed by atoms with Crippen molar-refractivity contribution in [2.24, 2.45) is 0 Å². The van der Waals surface area contributed by atoms with Gasteiger partial charge in [-0.15, -0.1) is 9.93 Å². The zero-order chi connectivity index (χ0) is 9.03. The van der Waals surface area contributed by atoms with Crippen LogP contribution >= 0.6 is 0 Å². The molecule has 0 aromatic rings. The molecule has 1 aliphatic heterocycles. The predicted octanol–water partition coefficient (Wildman–Crippen LogP) is 0.0682. The van der Waals surface area contributed by atoms with E-state index in [1.807, 2.05) is 12.5 Å². The summed E-state index contributed by atoms with van der Waals surface area (Å²) in [6.45, 7) is 2.27. The molecule has 3 nitrogen and oxygen atoms in total. The standard InChI is InChI=1S/C8H18O3S/c1-12(2,9)5-3-4-10-6-8-7-11-8/h8,12H,3-7H2,1-2H3. The highest BCUT2D eigenvalue weighted by Crippen LogP contribution is 2.08. The Kier molecular flexibility index (Phi) is 3.68. The lowest BCUT2D eigenvalue weighted by Crippen LogP contribution is -2.14. The van der Waals surface area contributed by atoms with Crippen molar-refractivity contribution < 1.29 is 13.7 Å². The first-order valence-corrected chi connectivity index (χ1v) is 7.10. The van der Waals surface area contributed by atoms with Crippen molar-refractivity contribution in [2.75, 3.05) is 38.1 Å². The lowest BCUT2D eigenvalue weighted by atomic mass is 10.5. The van der Waals surface area contributed by atoms with E-state index in [0.717, 1.165) is 18.8 Å². The second kappa shape index (κ2) is 4.35. The first-order valence-electron chi connectivity index (χ1n) is 4.31. The first kappa shape index (κ1) is 10.2. The number of hydrogen-bond donors (Lipinski definition) is 1. The summed E-state index contributed by atoms with van der Waals surface area (Å²) >= 11 is 0. The van der Waals surface area contributed by atoms with Crippen molar-refractivity contribution in [3.05, 3.63) is 0 Å². The summed E-state index contributed by atoms with van der Waals surface area (Å²) < 4.78 is 21.5. The van der Waals surface area contributed by atoms with E-state index < -0.39 is 9.93 Å². The summed E-state index contributed by atoms with van der Waals surface area (Å²) in [6, 6.07) is 0. The monoisotopic (exact) mass is 194 g/mol. The molecule has 1 rings (SSSR count). The number of hydrogen-bond acceptors (Lipinski definition) is 3. The minimum absolute atomic E-state index is 0.347. The van der Waals surface area contributed by atoms with Gasteiger partial charge in [0.1, 0.15) is 6.10 Å². The minimum atomic E-state index is -1.83. The van der Waals surface area contributed by atoms with Crippen LogP contribution in [-0.2, 0) is 19.4 Å². The van der Waals surface area contributed by atoms with E-state index in [2.05, 4.69) is 0 Å². The molecule has 12 heavy (non-hydrogen) atoms. The summed E-state index contributed by atoms with van der Waals surface area (Å²) in [7, 11) is -1.83. The average Bonchev–Trinajstić information content (AvgIpc) is 2.68. The molecule has 0 aromatic carbocycles. The number of rotatable bonds is 6. The van der Waals surface area contributed by atoms with E-state index in [1.54, 1.807) is 0 Å². The Balaban J connectivity index is 1.85. The van der Waals surface area contributed by atoms with Crippen molar-refractivity contribution in [3.8, 4) is 0 Å². The molecule has 1 aliphatic rings. The molecule has 1 unspecified atom stereocenters. The van der Waals surface area contributed by atoms with Gasteiger partial charge in [0.25, 0.3) is 0 Å². The molecule has 74 valence electrons. The van der Waals surface area contributed by atoms with Crippen molar-refractivity contribution >= 4 is 9.93 Å². The van der Waals surface area contributed by atoms with Gasteiger partial charge in [0.15, 0.2) is 0 Å². The van der Waals surface area contributed by atoms with Crippen LogP contribution in [0.1, 0.15) is 6.42 Å². The van der Waals surface area contributed by atoms with Crippen molar-refractivity contribution in [1.82, 2.24) is 0 Å². The molecule has 0 aromatic heterocycles. The Labute approximate surface area is 74.9 Å². The van der Waals surface area contributed by atoms with E-state index in [-0.39, 0.29) is 0 Å². The molecule has 1 saturated heterocycles. The van der Waals surface area contributed by atoms with Gasteiger partial charge >= 0.3 is 0 Å². The molecule has 0 N–H and O–H groups in total. The van der Waals surface area contributed by atoms with Crippen LogP contribution in [0.5, 0.6) is 0 Å². The van der Waals surface area contributed by atoms with Gasteiger partial charge in [-0.2, -0.15) is 0 Å². The maximum atomic E-state index is 11.2. The summed E-state index contributed by atoms with van der Waals surface area (Å²) in [5.74, 6) is 0.790. The van der Waals surface area contributed by atoms with Gasteiger partial charge in [-0.3, -0.25) is 4.21 Å². The normalized spacial score (nSPS) is 24.0. The van der Waals surface area contributed by atoms with Crippen LogP contribution in [0.4, 0.5) is 0 Å². The van der Waals surface area contributed by atoms with E-state index in [9.17, 15) is 4.21 Å². The van der Waals surface area contributed by atoms with Gasteiger partial charge in [0.2, 0.25) is 0 Å². The van der Waals surface area contributed by atoms with Crippen LogP contribution in [0.15, 0.2) is 0 Å². The van der Waals surface area contributed by atoms with Crippen LogP contribution in [0.3, 0.4) is 0 Å². The SMILES string of the molecule is C[SH](C)(=O)CCCOCC1CO1. The number of epoxide rings is 1. The third-order valence-corrected chi connectivity index (χ3v) is 3.08. The molecule has 0 spiro atoms. The van der Waals surface area contributed by atoms with Gasteiger partial charge in [-0.05, 0) is 18.9 Å². The fourth-order valence-corrected chi connectivity index (χ4v) is 1.82. The molecule has 0 bridgehead atoms. The van der Waals surface area contributed by atoms with Crippen LogP contribution in [0, 0.1) is 0 Å². The third kappa shape index (κ3) is 5.69.